The monoisotopic (exact) mass is 233 g/mol. The van der Waals surface area contributed by atoms with Gasteiger partial charge in [-0.15, -0.1) is 0 Å². The summed E-state index contributed by atoms with van der Waals surface area (Å²) in [5.74, 6) is 0. The molecule has 0 heterocycles. The van der Waals surface area contributed by atoms with Crippen molar-refractivity contribution in [2.45, 2.75) is 20.3 Å². The molecule has 0 nitrogen and oxygen atoms in total. The van der Waals surface area contributed by atoms with Crippen LogP contribution in [0.2, 0.25) is 0 Å². The fourth-order valence-electron chi connectivity index (χ4n) is 0.903. The molecule has 1 aliphatic carbocycles. The molecule has 49 valence electrons. The zero-order valence-electron chi connectivity index (χ0n) is 5.74. The number of rotatable bonds is 0. The van der Waals surface area contributed by atoms with Gasteiger partial charge >= 0.3 is 0 Å². The van der Waals surface area contributed by atoms with E-state index in [1.165, 1.54) is 14.7 Å². The zero-order valence-corrected chi connectivity index (χ0v) is 7.90. The van der Waals surface area contributed by atoms with Gasteiger partial charge in [0, 0.05) is 3.58 Å². The highest BCUT2D eigenvalue weighted by atomic mass is 127. The molecule has 0 atom stereocenters. The van der Waals surface area contributed by atoms with Crippen LogP contribution in [0.5, 0.6) is 0 Å². The minimum Gasteiger partial charge on any atom is -0.0799 e. The fraction of sp³-hybridized carbons (Fsp3) is 0.375. The molecule has 0 spiro atoms. The molecular weight excluding hydrogens is 223 g/mol. The van der Waals surface area contributed by atoms with E-state index in [9.17, 15) is 0 Å². The molecule has 1 aliphatic rings. The smallest absolute Gasteiger partial charge is 0.0148 e. The molecule has 0 saturated heterocycles. The molecule has 0 N–H and O–H groups in total. The first kappa shape index (κ1) is 7.32. The first-order chi connectivity index (χ1) is 4.22. The van der Waals surface area contributed by atoms with Crippen LogP contribution in [0, 0.1) is 6.42 Å². The second kappa shape index (κ2) is 2.86. The van der Waals surface area contributed by atoms with Gasteiger partial charge in [0.1, 0.15) is 0 Å². The van der Waals surface area contributed by atoms with Gasteiger partial charge in [-0.25, -0.2) is 0 Å². The lowest BCUT2D eigenvalue weighted by Crippen LogP contribution is -1.90. The summed E-state index contributed by atoms with van der Waals surface area (Å²) >= 11 is 2.39. The van der Waals surface area contributed by atoms with Crippen molar-refractivity contribution in [1.29, 1.82) is 0 Å². The van der Waals surface area contributed by atoms with E-state index in [1.807, 2.05) is 0 Å². The van der Waals surface area contributed by atoms with Crippen LogP contribution < -0.4 is 0 Å². The summed E-state index contributed by atoms with van der Waals surface area (Å²) in [5, 5.41) is 0. The Morgan fingerprint density at radius 1 is 1.44 bits per heavy atom. The predicted octanol–water partition coefficient (Wildman–Crippen LogP) is 3.25. The molecule has 0 amide bonds. The first-order valence-electron chi connectivity index (χ1n) is 3.08. The van der Waals surface area contributed by atoms with E-state index in [2.05, 4.69) is 48.9 Å². The Hall–Kier alpha value is 0.210. The Morgan fingerprint density at radius 3 is 2.56 bits per heavy atom. The van der Waals surface area contributed by atoms with Crippen LogP contribution in [0.25, 0.3) is 0 Å². The van der Waals surface area contributed by atoms with Gasteiger partial charge in [0.05, 0.1) is 0 Å². The lowest BCUT2D eigenvalue weighted by molar-refractivity contribution is 1.14. The van der Waals surface area contributed by atoms with Crippen LogP contribution in [0.3, 0.4) is 0 Å². The molecule has 0 bridgehead atoms. The van der Waals surface area contributed by atoms with Crippen molar-refractivity contribution in [3.63, 3.8) is 0 Å². The van der Waals surface area contributed by atoms with E-state index in [0.717, 1.165) is 6.42 Å². The standard InChI is InChI=1S/C8H10I/c1-6-4-3-5-7(2)8(6)9/h4-5H,3H2,1-2H3. The third-order valence-corrected chi connectivity index (χ3v) is 3.24. The van der Waals surface area contributed by atoms with E-state index in [4.69, 9.17) is 0 Å². The number of allylic oxidation sites excluding steroid dienone is 4. The third kappa shape index (κ3) is 1.57. The van der Waals surface area contributed by atoms with Crippen molar-refractivity contribution in [3.8, 4) is 0 Å². The van der Waals surface area contributed by atoms with Crippen LogP contribution in [0.4, 0.5) is 0 Å². The minimum atomic E-state index is 1.12. The quantitative estimate of drug-likeness (QED) is 0.563. The molecule has 1 rings (SSSR count). The molecule has 0 fully saturated rings. The second-order valence-corrected chi connectivity index (χ2v) is 3.40. The normalized spacial score (nSPS) is 20.1. The fourth-order valence-corrected chi connectivity index (χ4v) is 1.34. The molecule has 0 aromatic rings. The van der Waals surface area contributed by atoms with Gasteiger partial charge in [-0.1, -0.05) is 11.6 Å². The highest BCUT2D eigenvalue weighted by Gasteiger charge is 2.05. The minimum absolute atomic E-state index is 1.12. The average molecular weight is 233 g/mol. The van der Waals surface area contributed by atoms with Crippen LogP contribution in [-0.4, -0.2) is 0 Å². The summed E-state index contributed by atoms with van der Waals surface area (Å²) in [4.78, 5) is 0. The summed E-state index contributed by atoms with van der Waals surface area (Å²) in [7, 11) is 0. The highest BCUT2D eigenvalue weighted by molar-refractivity contribution is 14.1. The average Bonchev–Trinajstić information content (AvgIpc) is 1.83. The van der Waals surface area contributed by atoms with Crippen molar-refractivity contribution in [1.82, 2.24) is 0 Å². The zero-order chi connectivity index (χ0) is 6.85. The van der Waals surface area contributed by atoms with Crippen LogP contribution >= 0.6 is 22.6 Å². The largest absolute Gasteiger partial charge is 0.0799 e. The van der Waals surface area contributed by atoms with Gasteiger partial charge < -0.3 is 0 Å². The van der Waals surface area contributed by atoms with Gasteiger partial charge in [0.2, 0.25) is 0 Å². The van der Waals surface area contributed by atoms with E-state index in [1.54, 1.807) is 0 Å². The Kier molecular flexibility index (Phi) is 2.33. The van der Waals surface area contributed by atoms with E-state index >= 15 is 0 Å². The van der Waals surface area contributed by atoms with E-state index < -0.39 is 0 Å². The molecular formula is C8H10I. The van der Waals surface area contributed by atoms with Gasteiger partial charge in [-0.2, -0.15) is 0 Å². The maximum Gasteiger partial charge on any atom is 0.0148 e. The Morgan fingerprint density at radius 2 is 2.11 bits per heavy atom. The second-order valence-electron chi connectivity index (χ2n) is 2.32. The van der Waals surface area contributed by atoms with Gasteiger partial charge in [-0.3, -0.25) is 0 Å². The molecule has 0 aromatic heterocycles. The van der Waals surface area contributed by atoms with E-state index in [0.29, 0.717) is 0 Å². The molecule has 0 aromatic carbocycles. The third-order valence-electron chi connectivity index (χ3n) is 1.54. The SMILES string of the molecule is CC1=CC[CH]C(C)=C1I. The first-order valence-corrected chi connectivity index (χ1v) is 4.16. The number of hydrogen-bond acceptors (Lipinski definition) is 0. The van der Waals surface area contributed by atoms with Crippen molar-refractivity contribution in [2.24, 2.45) is 0 Å². The number of hydrogen-bond donors (Lipinski definition) is 0. The predicted molar refractivity (Wildman–Crippen MR) is 49.4 cm³/mol. The number of halogens is 1. The van der Waals surface area contributed by atoms with Gasteiger partial charge in [0.15, 0.2) is 0 Å². The van der Waals surface area contributed by atoms with Gasteiger partial charge in [-0.05, 0) is 54.9 Å². The molecule has 1 radical (unpaired) electrons. The Balaban J connectivity index is 2.88. The molecule has 9 heavy (non-hydrogen) atoms. The Labute approximate surface area is 70.2 Å². The summed E-state index contributed by atoms with van der Waals surface area (Å²) in [6.45, 7) is 4.33. The van der Waals surface area contributed by atoms with Crippen molar-refractivity contribution >= 4 is 22.6 Å². The molecule has 0 aliphatic heterocycles. The maximum atomic E-state index is 2.39. The van der Waals surface area contributed by atoms with E-state index in [-0.39, 0.29) is 0 Å². The van der Waals surface area contributed by atoms with Crippen molar-refractivity contribution < 1.29 is 0 Å². The Bertz CT molecular complexity index is 175. The molecule has 1 heteroatoms. The summed E-state index contributed by atoms with van der Waals surface area (Å²) in [5.41, 5.74) is 2.85. The molecule has 0 saturated carbocycles. The lowest BCUT2D eigenvalue weighted by Gasteiger charge is -2.10. The highest BCUT2D eigenvalue weighted by Crippen LogP contribution is 2.28. The maximum absolute atomic E-state index is 2.39. The van der Waals surface area contributed by atoms with Crippen molar-refractivity contribution in [3.05, 3.63) is 27.2 Å². The van der Waals surface area contributed by atoms with Crippen LogP contribution in [0.1, 0.15) is 20.3 Å². The topological polar surface area (TPSA) is 0 Å². The summed E-state index contributed by atoms with van der Waals surface area (Å²) in [6, 6.07) is 0. The van der Waals surface area contributed by atoms with Gasteiger partial charge in [0.25, 0.3) is 0 Å². The lowest BCUT2D eigenvalue weighted by atomic mass is 10.0. The summed E-state index contributed by atoms with van der Waals surface area (Å²) in [6.07, 6.45) is 5.63. The van der Waals surface area contributed by atoms with Crippen LogP contribution in [-0.2, 0) is 0 Å². The summed E-state index contributed by atoms with van der Waals surface area (Å²) < 4.78 is 1.42. The van der Waals surface area contributed by atoms with Crippen LogP contribution in [0.15, 0.2) is 20.8 Å². The van der Waals surface area contributed by atoms with Crippen molar-refractivity contribution in [2.75, 3.05) is 0 Å². The molecule has 0 unspecified atom stereocenters.